The van der Waals surface area contributed by atoms with Crippen LogP contribution in [0, 0.1) is 13.8 Å². The van der Waals surface area contributed by atoms with Crippen molar-refractivity contribution in [2.75, 3.05) is 0 Å². The Morgan fingerprint density at radius 1 is 1.18 bits per heavy atom. The Kier molecular flexibility index (Phi) is 4.63. The van der Waals surface area contributed by atoms with Gasteiger partial charge in [0.1, 0.15) is 17.2 Å². The van der Waals surface area contributed by atoms with Crippen LogP contribution in [0.15, 0.2) is 74.9 Å². The van der Waals surface area contributed by atoms with Crippen molar-refractivity contribution in [2.45, 2.75) is 13.8 Å². The highest BCUT2D eigenvalue weighted by Crippen LogP contribution is 2.23. The van der Waals surface area contributed by atoms with Gasteiger partial charge in [0.25, 0.3) is 5.91 Å². The normalized spacial score (nSPS) is 11.2. The molecule has 4 aromatic rings. The van der Waals surface area contributed by atoms with Crippen molar-refractivity contribution in [3.05, 3.63) is 83.6 Å². The molecule has 1 aromatic carbocycles. The first-order valence-corrected chi connectivity index (χ1v) is 8.71. The largest absolute Gasteiger partial charge is 0.466 e. The van der Waals surface area contributed by atoms with Crippen molar-refractivity contribution >= 4 is 12.1 Å². The van der Waals surface area contributed by atoms with Gasteiger partial charge < -0.3 is 8.83 Å². The number of aryl methyl sites for hydroxylation is 2. The van der Waals surface area contributed by atoms with E-state index in [1.54, 1.807) is 43.1 Å². The number of hydrazone groups is 1. The summed E-state index contributed by atoms with van der Waals surface area (Å²) in [6.07, 6.45) is 4.96. The van der Waals surface area contributed by atoms with Crippen LogP contribution in [0.3, 0.4) is 0 Å². The Balaban J connectivity index is 1.61. The molecular weight excluding hydrogens is 356 g/mol. The quantitative estimate of drug-likeness (QED) is 0.421. The van der Waals surface area contributed by atoms with Crippen molar-refractivity contribution in [3.8, 4) is 17.1 Å². The lowest BCUT2D eigenvalue weighted by Crippen LogP contribution is -2.17. The van der Waals surface area contributed by atoms with Crippen LogP contribution in [0.4, 0.5) is 0 Å². The van der Waals surface area contributed by atoms with Crippen LogP contribution >= 0.6 is 0 Å². The van der Waals surface area contributed by atoms with Gasteiger partial charge in [0.15, 0.2) is 5.76 Å². The first-order chi connectivity index (χ1) is 13.6. The minimum Gasteiger partial charge on any atom is -0.466 e. The number of furan rings is 2. The van der Waals surface area contributed by atoms with E-state index in [0.29, 0.717) is 34.1 Å². The van der Waals surface area contributed by atoms with Gasteiger partial charge in [-0.1, -0.05) is 18.2 Å². The molecule has 7 nitrogen and oxygen atoms in total. The maximum atomic E-state index is 12.3. The molecule has 0 aliphatic carbocycles. The number of para-hydroxylation sites is 1. The first kappa shape index (κ1) is 17.5. The summed E-state index contributed by atoms with van der Waals surface area (Å²) < 4.78 is 12.6. The molecule has 0 aliphatic heterocycles. The van der Waals surface area contributed by atoms with Crippen LogP contribution in [0.1, 0.15) is 27.4 Å². The Hall–Kier alpha value is -3.87. The van der Waals surface area contributed by atoms with E-state index in [1.807, 2.05) is 42.6 Å². The monoisotopic (exact) mass is 374 g/mol. The van der Waals surface area contributed by atoms with E-state index in [2.05, 4.69) is 15.6 Å². The number of rotatable bonds is 5. The molecule has 1 N–H and O–H groups in total. The Labute approximate surface area is 161 Å². The van der Waals surface area contributed by atoms with Crippen LogP contribution in [0.5, 0.6) is 0 Å². The second-order valence-corrected chi connectivity index (χ2v) is 6.22. The molecule has 0 spiro atoms. The molecule has 0 bridgehead atoms. The van der Waals surface area contributed by atoms with Gasteiger partial charge in [-0.15, -0.1) is 0 Å². The average Bonchev–Trinajstić information content (AvgIpc) is 3.42. The zero-order valence-corrected chi connectivity index (χ0v) is 15.4. The molecule has 0 saturated heterocycles. The third-order valence-electron chi connectivity index (χ3n) is 4.17. The highest BCUT2D eigenvalue weighted by Gasteiger charge is 2.15. The van der Waals surface area contributed by atoms with Crippen LogP contribution < -0.4 is 5.43 Å². The highest BCUT2D eigenvalue weighted by atomic mass is 16.3. The molecule has 7 heteroatoms. The molecule has 4 rings (SSSR count). The smallest absolute Gasteiger partial charge is 0.274 e. The number of nitrogens with one attached hydrogen (secondary N) is 1. The van der Waals surface area contributed by atoms with Gasteiger partial charge in [-0.2, -0.15) is 10.2 Å². The SMILES string of the molecule is Cc1cc(C(=O)N/N=C\c2cn(-c3ccccc3)nc2-c2ccco2)c(C)o1. The Morgan fingerprint density at radius 2 is 2.00 bits per heavy atom. The van der Waals surface area contributed by atoms with Crippen LogP contribution in [-0.4, -0.2) is 21.9 Å². The molecule has 0 atom stereocenters. The number of amides is 1. The summed E-state index contributed by atoms with van der Waals surface area (Å²) in [4.78, 5) is 12.3. The van der Waals surface area contributed by atoms with Crippen LogP contribution in [-0.2, 0) is 0 Å². The highest BCUT2D eigenvalue weighted by molar-refractivity contribution is 5.96. The third kappa shape index (κ3) is 3.50. The number of carbonyl (C=O) groups is 1. The van der Waals surface area contributed by atoms with Gasteiger partial charge in [0.2, 0.25) is 0 Å². The number of carbonyl (C=O) groups excluding carboxylic acids is 1. The zero-order chi connectivity index (χ0) is 19.5. The van der Waals surface area contributed by atoms with Gasteiger partial charge >= 0.3 is 0 Å². The summed E-state index contributed by atoms with van der Waals surface area (Å²) in [5.74, 6) is 1.51. The van der Waals surface area contributed by atoms with E-state index in [9.17, 15) is 4.79 Å². The lowest BCUT2D eigenvalue weighted by atomic mass is 10.2. The minimum atomic E-state index is -0.333. The Bertz CT molecular complexity index is 1120. The fraction of sp³-hybridized carbons (Fsp3) is 0.0952. The molecule has 0 aliphatic rings. The number of hydrogen-bond donors (Lipinski definition) is 1. The molecule has 140 valence electrons. The summed E-state index contributed by atoms with van der Waals surface area (Å²) in [5.41, 5.74) is 5.23. The summed E-state index contributed by atoms with van der Waals surface area (Å²) in [7, 11) is 0. The van der Waals surface area contributed by atoms with Gasteiger partial charge in [-0.3, -0.25) is 4.79 Å². The van der Waals surface area contributed by atoms with Crippen LogP contribution in [0.2, 0.25) is 0 Å². The molecular formula is C21H18N4O3. The lowest BCUT2D eigenvalue weighted by molar-refractivity contribution is 0.0953. The predicted octanol–water partition coefficient (Wildman–Crippen LogP) is 4.11. The lowest BCUT2D eigenvalue weighted by Gasteiger charge is -1.98. The van der Waals surface area contributed by atoms with Gasteiger partial charge in [-0.05, 0) is 44.2 Å². The van der Waals surface area contributed by atoms with E-state index in [1.165, 1.54) is 0 Å². The van der Waals surface area contributed by atoms with Crippen molar-refractivity contribution in [1.29, 1.82) is 0 Å². The molecule has 28 heavy (non-hydrogen) atoms. The van der Waals surface area contributed by atoms with Crippen molar-refractivity contribution < 1.29 is 13.6 Å². The van der Waals surface area contributed by atoms with E-state index < -0.39 is 0 Å². The number of nitrogens with zero attached hydrogens (tertiary/aromatic N) is 3. The first-order valence-electron chi connectivity index (χ1n) is 8.71. The summed E-state index contributed by atoms with van der Waals surface area (Å²) in [6, 6.07) is 15.0. The fourth-order valence-electron chi connectivity index (χ4n) is 2.88. The van der Waals surface area contributed by atoms with Gasteiger partial charge in [0.05, 0.1) is 23.7 Å². The number of aromatic nitrogens is 2. The third-order valence-corrected chi connectivity index (χ3v) is 4.17. The zero-order valence-electron chi connectivity index (χ0n) is 15.4. The van der Waals surface area contributed by atoms with Crippen molar-refractivity contribution in [3.63, 3.8) is 0 Å². The van der Waals surface area contributed by atoms with E-state index in [4.69, 9.17) is 8.83 Å². The fourth-order valence-corrected chi connectivity index (χ4v) is 2.88. The van der Waals surface area contributed by atoms with E-state index >= 15 is 0 Å². The molecule has 3 heterocycles. The molecule has 0 radical (unpaired) electrons. The second kappa shape index (κ2) is 7.40. The summed E-state index contributed by atoms with van der Waals surface area (Å²) in [5, 5.41) is 8.68. The maximum Gasteiger partial charge on any atom is 0.274 e. The standard InChI is InChI=1S/C21H18N4O3/c1-14-11-18(15(2)28-14)21(26)23-22-12-16-13-25(17-7-4-3-5-8-17)24-20(16)19-9-6-10-27-19/h3-13H,1-2H3,(H,23,26)/b22-12-. The number of hydrogen-bond acceptors (Lipinski definition) is 5. The summed E-state index contributed by atoms with van der Waals surface area (Å²) >= 11 is 0. The molecule has 1 amide bonds. The molecule has 0 fully saturated rings. The summed E-state index contributed by atoms with van der Waals surface area (Å²) in [6.45, 7) is 3.53. The maximum absolute atomic E-state index is 12.3. The van der Waals surface area contributed by atoms with Gasteiger partial charge in [-0.25, -0.2) is 10.1 Å². The van der Waals surface area contributed by atoms with Gasteiger partial charge in [0, 0.05) is 11.8 Å². The Morgan fingerprint density at radius 3 is 2.68 bits per heavy atom. The predicted molar refractivity (Wildman–Crippen MR) is 105 cm³/mol. The molecule has 0 unspecified atom stereocenters. The van der Waals surface area contributed by atoms with E-state index in [0.717, 1.165) is 5.69 Å². The second-order valence-electron chi connectivity index (χ2n) is 6.22. The van der Waals surface area contributed by atoms with E-state index in [-0.39, 0.29) is 5.91 Å². The van der Waals surface area contributed by atoms with Crippen molar-refractivity contribution in [2.24, 2.45) is 5.10 Å². The average molecular weight is 374 g/mol. The topological polar surface area (TPSA) is 85.6 Å². The van der Waals surface area contributed by atoms with Crippen molar-refractivity contribution in [1.82, 2.24) is 15.2 Å². The molecule has 3 aromatic heterocycles. The minimum absolute atomic E-state index is 0.333. The van der Waals surface area contributed by atoms with Crippen LogP contribution in [0.25, 0.3) is 17.1 Å². The number of benzene rings is 1. The molecule has 0 saturated carbocycles.